The van der Waals surface area contributed by atoms with Gasteiger partial charge in [-0.3, -0.25) is 9.89 Å². The van der Waals surface area contributed by atoms with Crippen LogP contribution in [0.25, 0.3) is 0 Å². The summed E-state index contributed by atoms with van der Waals surface area (Å²) in [5, 5.41) is 17.5. The predicted molar refractivity (Wildman–Crippen MR) is 156 cm³/mol. The lowest BCUT2D eigenvalue weighted by Crippen LogP contribution is -2.25. The fraction of sp³-hybridized carbons (Fsp3) is 0.250. The molecule has 4 rings (SSSR count). The molecule has 0 aliphatic rings. The molecular weight excluding hydrogens is 528 g/mol. The molecule has 12 heteroatoms. The molecule has 0 saturated heterocycles. The summed E-state index contributed by atoms with van der Waals surface area (Å²) in [7, 11) is 1.61. The Morgan fingerprint density at radius 1 is 1.12 bits per heavy atom. The number of aromatic amines is 1. The maximum absolute atomic E-state index is 12.1. The van der Waals surface area contributed by atoms with Crippen LogP contribution >= 0.6 is 12.2 Å². The van der Waals surface area contributed by atoms with E-state index in [9.17, 15) is 4.79 Å². The number of hydrogen-bond acceptors (Lipinski definition) is 8. The van der Waals surface area contributed by atoms with Crippen molar-refractivity contribution in [3.05, 3.63) is 107 Å². The largest absolute Gasteiger partial charge is 0.493 e. The van der Waals surface area contributed by atoms with Crippen LogP contribution in [0, 0.1) is 18.6 Å². The minimum Gasteiger partial charge on any atom is -0.493 e. The lowest BCUT2D eigenvalue weighted by atomic mass is 10.1. The Morgan fingerprint density at radius 3 is 2.60 bits per heavy atom. The van der Waals surface area contributed by atoms with Crippen LogP contribution in [0.5, 0.6) is 11.5 Å². The van der Waals surface area contributed by atoms with Gasteiger partial charge in [0.25, 0.3) is 5.91 Å². The van der Waals surface area contributed by atoms with Crippen molar-refractivity contribution in [1.82, 2.24) is 35.0 Å². The van der Waals surface area contributed by atoms with Gasteiger partial charge in [-0.25, -0.2) is 4.68 Å². The van der Waals surface area contributed by atoms with E-state index in [0.717, 1.165) is 22.8 Å². The van der Waals surface area contributed by atoms with Gasteiger partial charge >= 0.3 is 0 Å². The first-order chi connectivity index (χ1) is 19.4. The average molecular weight is 563 g/mol. The van der Waals surface area contributed by atoms with Crippen molar-refractivity contribution < 1.29 is 14.3 Å². The standard InChI is InChI=1S/C15H18N4O.C13H16N4O2S/c1-4-8-19-12(3)17-18-14(19)10-16-15(20)13-7-5-6-11(2)9-13;1-3-7-19-12-10(5-4-6-11(12)18-2)8-15-17-9-14-16-13(17)20/h4-7,9H,1,8,10H2,2-3H3,(H,16,20);3-6,9,15H,1,7-8H2,2H3,(H,16,20). The third-order valence-electron chi connectivity index (χ3n) is 5.63. The minimum absolute atomic E-state index is 0.112. The fourth-order valence-electron chi connectivity index (χ4n) is 3.67. The van der Waals surface area contributed by atoms with Crippen molar-refractivity contribution in [3.63, 3.8) is 0 Å². The number of H-pyrrole nitrogens is 1. The van der Waals surface area contributed by atoms with E-state index in [4.69, 9.17) is 21.7 Å². The molecule has 40 heavy (non-hydrogen) atoms. The first-order valence-corrected chi connectivity index (χ1v) is 12.9. The summed E-state index contributed by atoms with van der Waals surface area (Å²) in [4.78, 5) is 12.1. The maximum Gasteiger partial charge on any atom is 0.251 e. The summed E-state index contributed by atoms with van der Waals surface area (Å²) in [5.74, 6) is 2.80. The second kappa shape index (κ2) is 15.0. The molecule has 210 valence electrons. The fourth-order valence-corrected chi connectivity index (χ4v) is 3.83. The smallest absolute Gasteiger partial charge is 0.251 e. The molecular formula is C28H34N8O3S. The number of methoxy groups -OCH3 is 1. The highest BCUT2D eigenvalue weighted by Crippen LogP contribution is 2.31. The Bertz CT molecular complexity index is 1490. The zero-order valence-corrected chi connectivity index (χ0v) is 23.7. The Hall–Kier alpha value is -4.71. The van der Waals surface area contributed by atoms with Gasteiger partial charge in [-0.05, 0) is 44.3 Å². The number of nitrogens with zero attached hydrogens (tertiary/aromatic N) is 5. The van der Waals surface area contributed by atoms with Crippen molar-refractivity contribution in [2.75, 3.05) is 19.1 Å². The number of hydrogen-bond donors (Lipinski definition) is 3. The molecule has 0 atom stereocenters. The molecule has 1 amide bonds. The number of carbonyl (C=O) groups is 1. The van der Waals surface area contributed by atoms with Crippen LogP contribution in [0.3, 0.4) is 0 Å². The summed E-state index contributed by atoms with van der Waals surface area (Å²) in [6, 6.07) is 13.2. The number of para-hydroxylation sites is 1. The number of rotatable bonds is 12. The van der Waals surface area contributed by atoms with E-state index in [2.05, 4.69) is 44.3 Å². The van der Waals surface area contributed by atoms with Crippen LogP contribution in [0.15, 0.2) is 74.1 Å². The summed E-state index contributed by atoms with van der Waals surface area (Å²) < 4.78 is 15.0. The van der Waals surface area contributed by atoms with E-state index in [-0.39, 0.29) is 5.91 Å². The Kier molecular flexibility index (Phi) is 11.2. The van der Waals surface area contributed by atoms with Gasteiger partial charge in [0, 0.05) is 17.7 Å². The van der Waals surface area contributed by atoms with E-state index < -0.39 is 0 Å². The van der Waals surface area contributed by atoms with Gasteiger partial charge in [0.1, 0.15) is 18.8 Å². The van der Waals surface area contributed by atoms with Crippen LogP contribution in [-0.4, -0.2) is 49.3 Å². The number of amides is 1. The molecule has 4 aromatic rings. The average Bonchev–Trinajstić information content (AvgIpc) is 3.54. The first kappa shape index (κ1) is 29.8. The number of allylic oxidation sites excluding steroid dienone is 1. The van der Waals surface area contributed by atoms with Crippen LogP contribution in [0.4, 0.5) is 0 Å². The minimum atomic E-state index is -0.112. The summed E-state index contributed by atoms with van der Waals surface area (Å²) >= 11 is 5.07. The highest BCUT2D eigenvalue weighted by atomic mass is 32.1. The SMILES string of the molecule is C=CCOc1c(CNn2cn[nH]c2=S)cccc1OC.C=CCn1c(C)nnc1CNC(=O)c1cccc(C)c1. The van der Waals surface area contributed by atoms with Crippen LogP contribution < -0.4 is 20.2 Å². The molecule has 0 aliphatic heterocycles. The predicted octanol–water partition coefficient (Wildman–Crippen LogP) is 4.27. The van der Waals surface area contributed by atoms with E-state index in [1.165, 1.54) is 0 Å². The highest BCUT2D eigenvalue weighted by molar-refractivity contribution is 7.71. The molecule has 2 heterocycles. The molecule has 0 spiro atoms. The second-order valence-electron chi connectivity index (χ2n) is 8.53. The summed E-state index contributed by atoms with van der Waals surface area (Å²) in [6.07, 6.45) is 5.05. The number of carbonyl (C=O) groups excluding carboxylic acids is 1. The first-order valence-electron chi connectivity index (χ1n) is 12.5. The lowest BCUT2D eigenvalue weighted by Gasteiger charge is -2.15. The summed E-state index contributed by atoms with van der Waals surface area (Å²) in [5.41, 5.74) is 5.80. The zero-order valence-electron chi connectivity index (χ0n) is 22.9. The van der Waals surface area contributed by atoms with Crippen LogP contribution in [0.2, 0.25) is 0 Å². The van der Waals surface area contributed by atoms with Gasteiger partial charge in [-0.2, -0.15) is 5.10 Å². The molecule has 0 fully saturated rings. The lowest BCUT2D eigenvalue weighted by molar-refractivity contribution is 0.0949. The molecule has 2 aromatic heterocycles. The normalized spacial score (nSPS) is 10.2. The van der Waals surface area contributed by atoms with Crippen molar-refractivity contribution >= 4 is 18.1 Å². The number of aromatic nitrogens is 6. The van der Waals surface area contributed by atoms with Crippen molar-refractivity contribution in [3.8, 4) is 11.5 Å². The van der Waals surface area contributed by atoms with E-state index in [1.807, 2.05) is 54.8 Å². The Morgan fingerprint density at radius 2 is 1.93 bits per heavy atom. The molecule has 0 unspecified atom stereocenters. The van der Waals surface area contributed by atoms with Gasteiger partial charge in [-0.1, -0.05) is 48.6 Å². The van der Waals surface area contributed by atoms with Crippen molar-refractivity contribution in [2.45, 2.75) is 33.5 Å². The Labute approximate surface area is 238 Å². The quantitative estimate of drug-likeness (QED) is 0.173. The topological polar surface area (TPSA) is 124 Å². The number of nitrogens with one attached hydrogen (secondary N) is 3. The molecule has 0 aliphatic carbocycles. The highest BCUT2D eigenvalue weighted by Gasteiger charge is 2.11. The van der Waals surface area contributed by atoms with Crippen LogP contribution in [0.1, 0.15) is 33.1 Å². The number of ether oxygens (including phenoxy) is 2. The third kappa shape index (κ3) is 8.14. The molecule has 3 N–H and O–H groups in total. The van der Waals surface area contributed by atoms with E-state index in [0.29, 0.717) is 48.1 Å². The monoisotopic (exact) mass is 562 g/mol. The summed E-state index contributed by atoms with van der Waals surface area (Å²) in [6.45, 7) is 13.1. The maximum atomic E-state index is 12.1. The Balaban J connectivity index is 0.000000220. The molecule has 2 aromatic carbocycles. The zero-order chi connectivity index (χ0) is 28.9. The van der Waals surface area contributed by atoms with Crippen molar-refractivity contribution in [1.29, 1.82) is 0 Å². The molecule has 0 radical (unpaired) electrons. The molecule has 0 saturated carbocycles. The molecule has 0 bridgehead atoms. The third-order valence-corrected chi connectivity index (χ3v) is 5.92. The van der Waals surface area contributed by atoms with E-state index >= 15 is 0 Å². The second-order valence-corrected chi connectivity index (χ2v) is 8.92. The van der Waals surface area contributed by atoms with Gasteiger partial charge in [-0.15, -0.1) is 16.8 Å². The van der Waals surface area contributed by atoms with Gasteiger partial charge in [0.05, 0.1) is 20.2 Å². The van der Waals surface area contributed by atoms with Crippen LogP contribution in [-0.2, 0) is 19.6 Å². The van der Waals surface area contributed by atoms with E-state index in [1.54, 1.807) is 36.3 Å². The molecule has 11 nitrogen and oxygen atoms in total. The number of aryl methyl sites for hydroxylation is 2. The number of benzene rings is 2. The van der Waals surface area contributed by atoms with Gasteiger partial charge in [0.15, 0.2) is 17.3 Å². The van der Waals surface area contributed by atoms with Gasteiger partial charge < -0.3 is 24.8 Å². The van der Waals surface area contributed by atoms with Gasteiger partial charge in [0.2, 0.25) is 4.77 Å². The van der Waals surface area contributed by atoms with Crippen molar-refractivity contribution in [2.24, 2.45) is 0 Å².